The summed E-state index contributed by atoms with van der Waals surface area (Å²) in [5.74, 6) is -0.0822. The monoisotopic (exact) mass is 288 g/mol. The van der Waals surface area contributed by atoms with Gasteiger partial charge in [0.2, 0.25) is 5.91 Å². The zero-order valence-electron chi connectivity index (χ0n) is 11.1. The Morgan fingerprint density at radius 2 is 1.75 bits per heavy atom. The molecule has 0 spiro atoms. The Kier molecular flexibility index (Phi) is 5.16. The van der Waals surface area contributed by atoms with E-state index in [0.29, 0.717) is 11.6 Å². The summed E-state index contributed by atoms with van der Waals surface area (Å²) in [4.78, 5) is 11.9. The lowest BCUT2D eigenvalue weighted by atomic mass is 10.0. The number of carbonyl (C=O) groups excluding carboxylic acids is 1. The van der Waals surface area contributed by atoms with Crippen LogP contribution in [0.5, 0.6) is 0 Å². The topological polar surface area (TPSA) is 55.1 Å². The lowest BCUT2D eigenvalue weighted by molar-refractivity contribution is -0.121. The highest BCUT2D eigenvalue weighted by molar-refractivity contribution is 6.31. The average Bonchev–Trinajstić information content (AvgIpc) is 2.47. The fourth-order valence-corrected chi connectivity index (χ4v) is 2.13. The molecule has 0 saturated heterocycles. The maximum Gasteiger partial charge on any atom is 0.222 e. The summed E-state index contributed by atoms with van der Waals surface area (Å²) in [6.45, 7) is 0.417. The van der Waals surface area contributed by atoms with Crippen molar-refractivity contribution < 1.29 is 4.79 Å². The molecular formula is C16H17ClN2O. The number of halogens is 1. The van der Waals surface area contributed by atoms with E-state index in [1.54, 1.807) is 6.07 Å². The molecule has 0 aliphatic rings. The second kappa shape index (κ2) is 7.08. The van der Waals surface area contributed by atoms with E-state index < -0.39 is 0 Å². The van der Waals surface area contributed by atoms with Gasteiger partial charge in [0, 0.05) is 24.0 Å². The first kappa shape index (κ1) is 14.6. The molecule has 1 atom stereocenters. The third-order valence-electron chi connectivity index (χ3n) is 3.07. The molecule has 2 aromatic carbocycles. The Balaban J connectivity index is 1.86. The van der Waals surface area contributed by atoms with E-state index in [4.69, 9.17) is 17.3 Å². The summed E-state index contributed by atoms with van der Waals surface area (Å²) in [6.07, 6.45) is 0.258. The number of carbonyl (C=O) groups is 1. The molecule has 0 saturated carbocycles. The van der Waals surface area contributed by atoms with Crippen molar-refractivity contribution in [3.63, 3.8) is 0 Å². The van der Waals surface area contributed by atoms with E-state index in [-0.39, 0.29) is 18.4 Å². The number of nitrogens with one attached hydrogen (secondary N) is 1. The molecule has 3 nitrogen and oxygen atoms in total. The van der Waals surface area contributed by atoms with Crippen molar-refractivity contribution in [2.75, 3.05) is 0 Å². The molecule has 0 heterocycles. The predicted octanol–water partition coefficient (Wildman–Crippen LogP) is 3.05. The summed E-state index contributed by atoms with van der Waals surface area (Å²) in [6, 6.07) is 16.8. The van der Waals surface area contributed by atoms with Crippen LogP contribution in [0.2, 0.25) is 5.02 Å². The average molecular weight is 289 g/mol. The van der Waals surface area contributed by atoms with Crippen molar-refractivity contribution in [1.29, 1.82) is 0 Å². The summed E-state index contributed by atoms with van der Waals surface area (Å²) in [7, 11) is 0. The molecule has 1 unspecified atom stereocenters. The van der Waals surface area contributed by atoms with Crippen molar-refractivity contribution in [3.05, 3.63) is 70.7 Å². The smallest absolute Gasteiger partial charge is 0.222 e. The molecule has 0 fully saturated rings. The van der Waals surface area contributed by atoms with Gasteiger partial charge in [-0.15, -0.1) is 0 Å². The highest BCUT2D eigenvalue weighted by Gasteiger charge is 2.11. The van der Waals surface area contributed by atoms with E-state index in [9.17, 15) is 4.79 Å². The van der Waals surface area contributed by atoms with Crippen LogP contribution >= 0.6 is 11.6 Å². The van der Waals surface area contributed by atoms with Crippen LogP contribution in [-0.2, 0) is 11.3 Å². The fraction of sp³-hybridized carbons (Fsp3) is 0.188. The van der Waals surface area contributed by atoms with Crippen molar-refractivity contribution in [1.82, 2.24) is 5.32 Å². The van der Waals surface area contributed by atoms with Crippen molar-refractivity contribution in [3.8, 4) is 0 Å². The van der Waals surface area contributed by atoms with Crippen LogP contribution in [-0.4, -0.2) is 5.91 Å². The van der Waals surface area contributed by atoms with Gasteiger partial charge in [-0.2, -0.15) is 0 Å². The second-order valence-corrected chi connectivity index (χ2v) is 5.00. The predicted molar refractivity (Wildman–Crippen MR) is 81.3 cm³/mol. The molecule has 104 valence electrons. The van der Waals surface area contributed by atoms with Crippen molar-refractivity contribution in [2.24, 2.45) is 5.73 Å². The molecule has 0 bridgehead atoms. The van der Waals surface area contributed by atoms with Crippen LogP contribution in [0.15, 0.2) is 54.6 Å². The van der Waals surface area contributed by atoms with Crippen LogP contribution in [0.1, 0.15) is 23.6 Å². The summed E-state index contributed by atoms with van der Waals surface area (Å²) in [5, 5.41) is 3.49. The zero-order valence-corrected chi connectivity index (χ0v) is 11.8. The van der Waals surface area contributed by atoms with E-state index in [0.717, 1.165) is 11.1 Å². The Bertz CT molecular complexity index is 572. The minimum atomic E-state index is -0.289. The normalized spacial score (nSPS) is 11.9. The van der Waals surface area contributed by atoms with Crippen molar-refractivity contribution in [2.45, 2.75) is 19.0 Å². The quantitative estimate of drug-likeness (QED) is 0.888. The maximum atomic E-state index is 11.9. The molecule has 1 amide bonds. The number of hydrogen-bond acceptors (Lipinski definition) is 2. The first-order valence-corrected chi connectivity index (χ1v) is 6.85. The highest BCUT2D eigenvalue weighted by atomic mass is 35.5. The minimum Gasteiger partial charge on any atom is -0.352 e. The van der Waals surface area contributed by atoms with Crippen LogP contribution in [0, 0.1) is 0 Å². The van der Waals surface area contributed by atoms with Gasteiger partial charge in [0.25, 0.3) is 0 Å². The Labute approximate surface area is 123 Å². The molecule has 0 aromatic heterocycles. The Morgan fingerprint density at radius 3 is 2.45 bits per heavy atom. The summed E-state index contributed by atoms with van der Waals surface area (Å²) >= 11 is 6.03. The maximum absolute atomic E-state index is 11.9. The highest BCUT2D eigenvalue weighted by Crippen LogP contribution is 2.15. The molecule has 20 heavy (non-hydrogen) atoms. The van der Waals surface area contributed by atoms with Gasteiger partial charge in [-0.3, -0.25) is 4.79 Å². The number of rotatable bonds is 5. The third kappa shape index (κ3) is 4.08. The largest absolute Gasteiger partial charge is 0.352 e. The third-order valence-corrected chi connectivity index (χ3v) is 3.44. The van der Waals surface area contributed by atoms with Crippen LogP contribution in [0.25, 0.3) is 0 Å². The molecule has 3 N–H and O–H groups in total. The molecule has 2 rings (SSSR count). The number of nitrogens with two attached hydrogens (primary N) is 1. The first-order chi connectivity index (χ1) is 9.66. The van der Waals surface area contributed by atoms with Crippen LogP contribution in [0.4, 0.5) is 0 Å². The second-order valence-electron chi connectivity index (χ2n) is 4.59. The molecule has 0 radical (unpaired) electrons. The van der Waals surface area contributed by atoms with Gasteiger partial charge >= 0.3 is 0 Å². The Hall–Kier alpha value is -1.84. The SMILES string of the molecule is NC(CC(=O)NCc1ccccc1Cl)c1ccccc1. The van der Waals surface area contributed by atoms with E-state index in [1.807, 2.05) is 48.5 Å². The lowest BCUT2D eigenvalue weighted by Gasteiger charge is -2.12. The summed E-state index contributed by atoms with van der Waals surface area (Å²) < 4.78 is 0. The summed E-state index contributed by atoms with van der Waals surface area (Å²) in [5.41, 5.74) is 7.87. The van der Waals surface area contributed by atoms with Gasteiger partial charge in [0.1, 0.15) is 0 Å². The Morgan fingerprint density at radius 1 is 1.10 bits per heavy atom. The van der Waals surface area contributed by atoms with Gasteiger partial charge in [0.15, 0.2) is 0 Å². The number of amides is 1. The van der Waals surface area contributed by atoms with E-state index in [1.165, 1.54) is 0 Å². The van der Waals surface area contributed by atoms with Crippen LogP contribution < -0.4 is 11.1 Å². The standard InChI is InChI=1S/C16H17ClN2O/c17-14-9-5-4-8-13(14)11-19-16(20)10-15(18)12-6-2-1-3-7-12/h1-9,15H,10-11,18H2,(H,19,20). The number of hydrogen-bond donors (Lipinski definition) is 2. The lowest BCUT2D eigenvalue weighted by Crippen LogP contribution is -2.27. The van der Waals surface area contributed by atoms with Gasteiger partial charge in [0.05, 0.1) is 0 Å². The van der Waals surface area contributed by atoms with Gasteiger partial charge in [-0.05, 0) is 17.2 Å². The fourth-order valence-electron chi connectivity index (χ4n) is 1.93. The van der Waals surface area contributed by atoms with Gasteiger partial charge in [-0.25, -0.2) is 0 Å². The molecular weight excluding hydrogens is 272 g/mol. The van der Waals surface area contributed by atoms with Gasteiger partial charge < -0.3 is 11.1 Å². The zero-order chi connectivity index (χ0) is 14.4. The van der Waals surface area contributed by atoms with Crippen molar-refractivity contribution >= 4 is 17.5 Å². The van der Waals surface area contributed by atoms with Gasteiger partial charge in [-0.1, -0.05) is 60.1 Å². The molecule has 2 aromatic rings. The molecule has 0 aliphatic heterocycles. The number of benzene rings is 2. The van der Waals surface area contributed by atoms with E-state index in [2.05, 4.69) is 5.32 Å². The molecule has 4 heteroatoms. The minimum absolute atomic E-state index is 0.0822. The molecule has 0 aliphatic carbocycles. The van der Waals surface area contributed by atoms with E-state index >= 15 is 0 Å². The first-order valence-electron chi connectivity index (χ1n) is 6.47. The van der Waals surface area contributed by atoms with Crippen LogP contribution in [0.3, 0.4) is 0 Å².